The van der Waals surface area contributed by atoms with E-state index >= 15 is 0 Å². The van der Waals surface area contributed by atoms with E-state index < -0.39 is 0 Å². The minimum Gasteiger partial charge on any atom is -0.313 e. The minimum atomic E-state index is 0.447. The Hall–Kier alpha value is -0.0400. The van der Waals surface area contributed by atoms with Crippen LogP contribution in [0.15, 0.2) is 0 Å². The molecule has 13 heavy (non-hydrogen) atoms. The highest BCUT2D eigenvalue weighted by Gasteiger charge is 2.24. The molecule has 0 aliphatic heterocycles. The summed E-state index contributed by atoms with van der Waals surface area (Å²) in [7, 11) is 0. The summed E-state index contributed by atoms with van der Waals surface area (Å²) in [5.41, 5.74) is 0.447. The van der Waals surface area contributed by atoms with Gasteiger partial charge in [0.15, 0.2) is 0 Å². The Kier molecular flexibility index (Phi) is 3.78. The molecule has 1 heteroatoms. The second-order valence-electron chi connectivity index (χ2n) is 5.51. The molecule has 0 unspecified atom stereocenters. The van der Waals surface area contributed by atoms with E-state index in [0.29, 0.717) is 5.41 Å². The van der Waals surface area contributed by atoms with E-state index in [1.165, 1.54) is 32.2 Å². The van der Waals surface area contributed by atoms with Crippen LogP contribution in [0.4, 0.5) is 0 Å². The van der Waals surface area contributed by atoms with Gasteiger partial charge in [0.1, 0.15) is 0 Å². The van der Waals surface area contributed by atoms with E-state index in [2.05, 4.69) is 33.0 Å². The smallest absolute Gasteiger partial charge is 0.00672 e. The van der Waals surface area contributed by atoms with Crippen LogP contribution < -0.4 is 5.32 Å². The first-order valence-electron chi connectivity index (χ1n) is 5.76. The van der Waals surface area contributed by atoms with Gasteiger partial charge in [-0.25, -0.2) is 0 Å². The molecule has 0 atom stereocenters. The Balaban J connectivity index is 2.24. The van der Waals surface area contributed by atoms with Gasteiger partial charge in [-0.1, -0.05) is 40.5 Å². The third-order valence-corrected chi connectivity index (χ3v) is 3.76. The summed E-state index contributed by atoms with van der Waals surface area (Å²) in [5.74, 6) is 0.765. The molecule has 0 bridgehead atoms. The van der Waals surface area contributed by atoms with Crippen LogP contribution in [0.3, 0.4) is 0 Å². The Morgan fingerprint density at radius 1 is 1.23 bits per heavy atom. The van der Waals surface area contributed by atoms with Crippen LogP contribution in [0.1, 0.15) is 53.4 Å². The second-order valence-corrected chi connectivity index (χ2v) is 5.51. The molecule has 0 amide bonds. The van der Waals surface area contributed by atoms with Crippen LogP contribution in [0.25, 0.3) is 0 Å². The van der Waals surface area contributed by atoms with E-state index in [9.17, 15) is 0 Å². The Morgan fingerprint density at radius 3 is 2.23 bits per heavy atom. The van der Waals surface area contributed by atoms with Gasteiger partial charge in [-0.3, -0.25) is 0 Å². The number of rotatable bonds is 4. The van der Waals surface area contributed by atoms with E-state index in [-0.39, 0.29) is 0 Å². The minimum absolute atomic E-state index is 0.447. The van der Waals surface area contributed by atoms with Crippen molar-refractivity contribution in [2.45, 2.75) is 59.4 Å². The molecule has 0 heterocycles. The zero-order valence-electron chi connectivity index (χ0n) is 9.69. The predicted octanol–water partition coefficient (Wildman–Crippen LogP) is 3.20. The maximum Gasteiger partial charge on any atom is 0.00672 e. The van der Waals surface area contributed by atoms with Crippen LogP contribution in [-0.4, -0.2) is 12.6 Å². The fraction of sp³-hybridized carbons (Fsp3) is 1.00. The van der Waals surface area contributed by atoms with Crippen molar-refractivity contribution in [2.24, 2.45) is 11.3 Å². The third kappa shape index (κ3) is 3.30. The second kappa shape index (κ2) is 4.45. The average Bonchev–Trinajstić information content (AvgIpc) is 2.52. The molecule has 1 nitrogen and oxygen atoms in total. The van der Waals surface area contributed by atoms with Crippen molar-refractivity contribution in [3.8, 4) is 0 Å². The van der Waals surface area contributed by atoms with Gasteiger partial charge >= 0.3 is 0 Å². The lowest BCUT2D eigenvalue weighted by Crippen LogP contribution is -2.38. The summed E-state index contributed by atoms with van der Waals surface area (Å²) in [5, 5.41) is 3.70. The zero-order chi connectivity index (χ0) is 9.90. The quantitative estimate of drug-likeness (QED) is 0.706. The molecule has 0 saturated heterocycles. The van der Waals surface area contributed by atoms with E-state index in [1.807, 2.05) is 0 Å². The van der Waals surface area contributed by atoms with Crippen molar-refractivity contribution in [1.82, 2.24) is 5.32 Å². The summed E-state index contributed by atoms with van der Waals surface area (Å²) in [6.45, 7) is 10.5. The SMILES string of the molecule is CC(C)C(C)(C)CNC1CCCC1. The van der Waals surface area contributed by atoms with Crippen molar-refractivity contribution >= 4 is 0 Å². The summed E-state index contributed by atoms with van der Waals surface area (Å²) in [6.07, 6.45) is 5.65. The largest absolute Gasteiger partial charge is 0.313 e. The van der Waals surface area contributed by atoms with E-state index in [4.69, 9.17) is 0 Å². The van der Waals surface area contributed by atoms with E-state index in [0.717, 1.165) is 12.0 Å². The molecule has 0 aromatic carbocycles. The zero-order valence-corrected chi connectivity index (χ0v) is 9.69. The van der Waals surface area contributed by atoms with Gasteiger partial charge in [0.2, 0.25) is 0 Å². The molecule has 1 rings (SSSR count). The van der Waals surface area contributed by atoms with Gasteiger partial charge in [0.05, 0.1) is 0 Å². The topological polar surface area (TPSA) is 12.0 Å². The van der Waals surface area contributed by atoms with E-state index in [1.54, 1.807) is 0 Å². The average molecular weight is 183 g/mol. The van der Waals surface area contributed by atoms with Crippen molar-refractivity contribution in [3.63, 3.8) is 0 Å². The molecule has 78 valence electrons. The highest BCUT2D eigenvalue weighted by Crippen LogP contribution is 2.26. The lowest BCUT2D eigenvalue weighted by molar-refractivity contribution is 0.228. The molecule has 1 aliphatic carbocycles. The lowest BCUT2D eigenvalue weighted by atomic mass is 9.81. The molecule has 1 saturated carbocycles. The summed E-state index contributed by atoms with van der Waals surface area (Å²) < 4.78 is 0. The summed E-state index contributed by atoms with van der Waals surface area (Å²) >= 11 is 0. The first-order valence-corrected chi connectivity index (χ1v) is 5.76. The number of nitrogens with one attached hydrogen (secondary N) is 1. The predicted molar refractivity (Wildman–Crippen MR) is 58.9 cm³/mol. The van der Waals surface area contributed by atoms with Crippen LogP contribution in [0, 0.1) is 11.3 Å². The number of hydrogen-bond acceptors (Lipinski definition) is 1. The summed E-state index contributed by atoms with van der Waals surface area (Å²) in [6, 6.07) is 0.818. The molecule has 0 spiro atoms. The first-order chi connectivity index (χ1) is 6.02. The molecule has 1 aliphatic rings. The molecule has 1 N–H and O–H groups in total. The Labute approximate surface area is 83.3 Å². The highest BCUT2D eigenvalue weighted by atomic mass is 14.9. The molecule has 0 aromatic heterocycles. The normalized spacial score (nSPS) is 20.1. The van der Waals surface area contributed by atoms with Gasteiger partial charge < -0.3 is 5.32 Å². The molecular formula is C12H25N. The maximum atomic E-state index is 3.70. The van der Waals surface area contributed by atoms with Crippen molar-refractivity contribution < 1.29 is 0 Å². The third-order valence-electron chi connectivity index (χ3n) is 3.76. The Bertz CT molecular complexity index is 143. The molecule has 1 fully saturated rings. The van der Waals surface area contributed by atoms with Crippen molar-refractivity contribution in [3.05, 3.63) is 0 Å². The standard InChI is InChI=1S/C12H25N/c1-10(2)12(3,4)9-13-11-7-5-6-8-11/h10-11,13H,5-9H2,1-4H3. The monoisotopic (exact) mass is 183 g/mol. The van der Waals surface area contributed by atoms with Gasteiger partial charge in [-0.05, 0) is 24.2 Å². The molecule has 0 radical (unpaired) electrons. The van der Waals surface area contributed by atoms with Gasteiger partial charge in [-0.15, -0.1) is 0 Å². The highest BCUT2D eigenvalue weighted by molar-refractivity contribution is 4.80. The summed E-state index contributed by atoms with van der Waals surface area (Å²) in [4.78, 5) is 0. The maximum absolute atomic E-state index is 3.70. The van der Waals surface area contributed by atoms with Gasteiger partial charge in [-0.2, -0.15) is 0 Å². The fourth-order valence-corrected chi connectivity index (χ4v) is 1.74. The van der Waals surface area contributed by atoms with Crippen LogP contribution in [0.2, 0.25) is 0 Å². The van der Waals surface area contributed by atoms with Crippen molar-refractivity contribution in [2.75, 3.05) is 6.54 Å². The lowest BCUT2D eigenvalue weighted by Gasteiger charge is -2.31. The van der Waals surface area contributed by atoms with Crippen molar-refractivity contribution in [1.29, 1.82) is 0 Å². The Morgan fingerprint density at radius 2 is 1.77 bits per heavy atom. The van der Waals surface area contributed by atoms with Crippen LogP contribution in [-0.2, 0) is 0 Å². The van der Waals surface area contributed by atoms with Crippen LogP contribution >= 0.6 is 0 Å². The number of hydrogen-bond donors (Lipinski definition) is 1. The molecular weight excluding hydrogens is 158 g/mol. The molecule has 0 aromatic rings. The first kappa shape index (κ1) is 11.0. The van der Waals surface area contributed by atoms with Gasteiger partial charge in [0, 0.05) is 12.6 Å². The van der Waals surface area contributed by atoms with Gasteiger partial charge in [0.25, 0.3) is 0 Å². The fourth-order valence-electron chi connectivity index (χ4n) is 1.74. The van der Waals surface area contributed by atoms with Crippen LogP contribution in [0.5, 0.6) is 0 Å².